The molecular weight excluding hydrogens is 224 g/mol. The first-order valence-corrected chi connectivity index (χ1v) is 1.65. The van der Waals surface area contributed by atoms with Gasteiger partial charge >= 0.3 is 5.97 Å². The molecule has 0 rings (SSSR count). The van der Waals surface area contributed by atoms with Gasteiger partial charge in [-0.3, -0.25) is 0 Å². The fraction of sp³-hybridized carbons (Fsp3) is 0.667. The first-order valence-electron chi connectivity index (χ1n) is 1.65. The van der Waals surface area contributed by atoms with Gasteiger partial charge in [0.15, 0.2) is 0 Å². The summed E-state index contributed by atoms with van der Waals surface area (Å²) in [5.41, 5.74) is 0. The molecule has 0 fully saturated rings. The third kappa shape index (κ3) is 6.81. The van der Waals surface area contributed by atoms with E-state index in [1.165, 1.54) is 0 Å². The molecule has 7 heavy (non-hydrogen) atoms. The van der Waals surface area contributed by atoms with E-state index in [0.29, 0.717) is 0 Å². The minimum Gasteiger partial charge on any atom is -0.301 e. The van der Waals surface area contributed by atoms with Gasteiger partial charge in [0.05, 0.1) is 0 Å². The molecule has 0 heterocycles. The Labute approximate surface area is 75.4 Å². The molecule has 1 N–H and O–H groups in total. The monoisotopic (exact) mass is 230 g/mol. The standard InChI is InChI=1S/C3H6O3.Ce/c1-2-3(4)6-5;/h5H,2H2,1H3;. The van der Waals surface area contributed by atoms with E-state index in [2.05, 4.69) is 4.89 Å². The Balaban J connectivity index is 0. The summed E-state index contributed by atoms with van der Waals surface area (Å²) in [7, 11) is 0. The molecule has 0 atom stereocenters. The van der Waals surface area contributed by atoms with Crippen molar-refractivity contribution in [3.63, 3.8) is 0 Å². The van der Waals surface area contributed by atoms with E-state index in [9.17, 15) is 4.79 Å². The zero-order chi connectivity index (χ0) is 4.99. The second-order valence-corrected chi connectivity index (χ2v) is 0.817. The maximum Gasteiger partial charge on any atom is 0.341 e. The van der Waals surface area contributed by atoms with Crippen molar-refractivity contribution in [3.05, 3.63) is 0 Å². The van der Waals surface area contributed by atoms with Crippen LogP contribution in [0, 0.1) is 41.7 Å². The van der Waals surface area contributed by atoms with Crippen LogP contribution in [0.25, 0.3) is 0 Å². The topological polar surface area (TPSA) is 46.5 Å². The van der Waals surface area contributed by atoms with Crippen LogP contribution < -0.4 is 0 Å². The van der Waals surface area contributed by atoms with Crippen LogP contribution in [0.2, 0.25) is 0 Å². The molecule has 0 unspecified atom stereocenters. The van der Waals surface area contributed by atoms with Crippen molar-refractivity contribution >= 4 is 5.97 Å². The number of rotatable bonds is 1. The average Bonchev–Trinajstić information content (AvgIpc) is 1.65. The van der Waals surface area contributed by atoms with Gasteiger partial charge in [-0.1, -0.05) is 6.92 Å². The van der Waals surface area contributed by atoms with Crippen LogP contribution in [-0.4, -0.2) is 11.2 Å². The third-order valence-corrected chi connectivity index (χ3v) is 0.390. The molecule has 4 heteroatoms. The van der Waals surface area contributed by atoms with Crippen molar-refractivity contribution in [2.24, 2.45) is 0 Å². The summed E-state index contributed by atoms with van der Waals surface area (Å²) in [6.07, 6.45) is 0.219. The van der Waals surface area contributed by atoms with Crippen LogP contribution in [0.15, 0.2) is 0 Å². The molecule has 0 aliphatic heterocycles. The maximum absolute atomic E-state index is 9.71. The molecule has 0 saturated heterocycles. The predicted octanol–water partition coefficient (Wildman–Crippen LogP) is 0.413. The molecule has 0 aliphatic carbocycles. The van der Waals surface area contributed by atoms with Crippen molar-refractivity contribution in [1.29, 1.82) is 0 Å². The first-order chi connectivity index (χ1) is 2.81. The van der Waals surface area contributed by atoms with E-state index in [1.54, 1.807) is 6.92 Å². The van der Waals surface area contributed by atoms with Crippen LogP contribution in [0.5, 0.6) is 0 Å². The van der Waals surface area contributed by atoms with Crippen LogP contribution in [-0.2, 0) is 9.68 Å². The van der Waals surface area contributed by atoms with E-state index >= 15 is 0 Å². The van der Waals surface area contributed by atoms with Crippen LogP contribution >= 0.6 is 0 Å². The van der Waals surface area contributed by atoms with Crippen LogP contribution in [0.1, 0.15) is 13.3 Å². The van der Waals surface area contributed by atoms with Crippen molar-refractivity contribution in [2.45, 2.75) is 13.3 Å². The summed E-state index contributed by atoms with van der Waals surface area (Å²) < 4.78 is 0. The average molecular weight is 230 g/mol. The Hall–Kier alpha value is 0.807. The van der Waals surface area contributed by atoms with Crippen molar-refractivity contribution in [1.82, 2.24) is 0 Å². The zero-order valence-electron chi connectivity index (χ0n) is 3.97. The second-order valence-electron chi connectivity index (χ2n) is 0.817. The molecule has 0 aliphatic rings. The van der Waals surface area contributed by atoms with Gasteiger partial charge in [0.1, 0.15) is 0 Å². The molecule has 0 saturated carbocycles. The Morgan fingerprint density at radius 2 is 2.29 bits per heavy atom. The molecule has 40 valence electrons. The summed E-state index contributed by atoms with van der Waals surface area (Å²) >= 11 is 0. The van der Waals surface area contributed by atoms with Crippen LogP contribution in [0.3, 0.4) is 0 Å². The number of carbonyl (C=O) groups is 1. The van der Waals surface area contributed by atoms with E-state index in [1.807, 2.05) is 0 Å². The number of hydrogen-bond acceptors (Lipinski definition) is 3. The summed E-state index contributed by atoms with van der Waals surface area (Å²) in [4.78, 5) is 13.0. The molecule has 0 amide bonds. The molecular formula is C3H6CeO3. The maximum atomic E-state index is 9.71. The van der Waals surface area contributed by atoms with Crippen molar-refractivity contribution in [3.8, 4) is 0 Å². The molecule has 0 radical (unpaired) electrons. The largest absolute Gasteiger partial charge is 0.341 e. The second kappa shape index (κ2) is 6.81. The van der Waals surface area contributed by atoms with Crippen molar-refractivity contribution < 1.29 is 56.7 Å². The van der Waals surface area contributed by atoms with Gasteiger partial charge in [-0.2, -0.15) is 5.26 Å². The minimum absolute atomic E-state index is 0. The Bertz CT molecular complexity index is 48.1. The van der Waals surface area contributed by atoms with Gasteiger partial charge in [-0.25, -0.2) is 4.79 Å². The summed E-state index contributed by atoms with van der Waals surface area (Å²) in [6, 6.07) is 0. The molecule has 3 nitrogen and oxygen atoms in total. The quantitative estimate of drug-likeness (QED) is 0.524. The molecule has 0 spiro atoms. The van der Waals surface area contributed by atoms with E-state index in [0.717, 1.165) is 0 Å². The van der Waals surface area contributed by atoms with Gasteiger partial charge in [0.25, 0.3) is 0 Å². The smallest absolute Gasteiger partial charge is 0.301 e. The van der Waals surface area contributed by atoms with Gasteiger partial charge < -0.3 is 4.89 Å². The Morgan fingerprint density at radius 3 is 2.29 bits per heavy atom. The number of carbonyl (C=O) groups excluding carboxylic acids is 1. The fourth-order valence-electron chi connectivity index (χ4n) is 0.0645. The molecule has 0 aromatic heterocycles. The van der Waals surface area contributed by atoms with E-state index in [-0.39, 0.29) is 48.2 Å². The van der Waals surface area contributed by atoms with E-state index in [4.69, 9.17) is 5.26 Å². The first kappa shape index (κ1) is 10.7. The van der Waals surface area contributed by atoms with Gasteiger partial charge in [-0.15, -0.1) is 0 Å². The molecule has 0 aromatic carbocycles. The summed E-state index contributed by atoms with van der Waals surface area (Å²) in [6.45, 7) is 1.60. The summed E-state index contributed by atoms with van der Waals surface area (Å²) in [5.74, 6) is -0.602. The Morgan fingerprint density at radius 1 is 1.86 bits per heavy atom. The SMILES string of the molecule is CCC(=O)OO.[Ce]. The normalized spacial score (nSPS) is 6.57. The van der Waals surface area contributed by atoms with Gasteiger partial charge in [0.2, 0.25) is 0 Å². The van der Waals surface area contributed by atoms with E-state index < -0.39 is 5.97 Å². The van der Waals surface area contributed by atoms with Crippen molar-refractivity contribution in [2.75, 3.05) is 0 Å². The van der Waals surface area contributed by atoms with Crippen LogP contribution in [0.4, 0.5) is 0 Å². The predicted molar refractivity (Wildman–Crippen MR) is 19.0 cm³/mol. The molecule has 0 aromatic rings. The zero-order valence-corrected chi connectivity index (χ0v) is 7.11. The Kier molecular flexibility index (Phi) is 10.4. The fourth-order valence-corrected chi connectivity index (χ4v) is 0.0645. The minimum atomic E-state index is -0.602. The van der Waals surface area contributed by atoms with Gasteiger partial charge in [0, 0.05) is 48.2 Å². The van der Waals surface area contributed by atoms with Gasteiger partial charge in [-0.05, 0) is 0 Å². The number of hydrogen-bond donors (Lipinski definition) is 1. The summed E-state index contributed by atoms with van der Waals surface area (Å²) in [5, 5.41) is 7.49. The third-order valence-electron chi connectivity index (χ3n) is 0.390. The molecule has 0 bridgehead atoms.